The third kappa shape index (κ3) is 2.88. The first-order valence-corrected chi connectivity index (χ1v) is 8.14. The summed E-state index contributed by atoms with van der Waals surface area (Å²) in [5.41, 5.74) is 3.66. The van der Waals surface area contributed by atoms with Gasteiger partial charge in [0, 0.05) is 6.07 Å². The number of fused-ring (bicyclic) bond motifs is 1. The molecule has 3 aromatic rings. The van der Waals surface area contributed by atoms with E-state index < -0.39 is 5.97 Å². The molecular formula is C19H17N3O4. The average molecular weight is 351 g/mol. The van der Waals surface area contributed by atoms with Crippen molar-refractivity contribution >= 4 is 5.97 Å². The van der Waals surface area contributed by atoms with Crippen LogP contribution >= 0.6 is 0 Å². The zero-order valence-electron chi connectivity index (χ0n) is 14.6. The van der Waals surface area contributed by atoms with E-state index in [0.717, 1.165) is 16.8 Å². The predicted octanol–water partition coefficient (Wildman–Crippen LogP) is 3.14. The van der Waals surface area contributed by atoms with E-state index in [1.807, 2.05) is 32.0 Å². The second-order valence-corrected chi connectivity index (χ2v) is 6.12. The van der Waals surface area contributed by atoms with Gasteiger partial charge in [-0.15, -0.1) is 5.10 Å². The van der Waals surface area contributed by atoms with Crippen molar-refractivity contribution in [2.24, 2.45) is 0 Å². The molecule has 0 bridgehead atoms. The van der Waals surface area contributed by atoms with E-state index in [2.05, 4.69) is 10.2 Å². The Bertz CT molecular complexity index is 1010. The standard InChI is InChI=1S/C19H17N3O4/c1-11-4-6-15(12(2)8-11)22-20-13(3)18(21-22)19(23)26-14-5-7-16-17(9-14)25-10-24-16/h4-9H,10H2,1-3H3. The Morgan fingerprint density at radius 2 is 1.85 bits per heavy atom. The lowest BCUT2D eigenvalue weighted by molar-refractivity contribution is 0.0727. The van der Waals surface area contributed by atoms with Crippen LogP contribution in [0.2, 0.25) is 0 Å². The molecule has 4 rings (SSSR count). The Morgan fingerprint density at radius 1 is 1.04 bits per heavy atom. The summed E-state index contributed by atoms with van der Waals surface area (Å²) in [5, 5.41) is 8.67. The summed E-state index contributed by atoms with van der Waals surface area (Å²) in [6.07, 6.45) is 0. The van der Waals surface area contributed by atoms with E-state index in [1.165, 1.54) is 4.80 Å². The highest BCUT2D eigenvalue weighted by Gasteiger charge is 2.21. The predicted molar refractivity (Wildman–Crippen MR) is 93.1 cm³/mol. The number of carbonyl (C=O) groups excluding carboxylic acids is 1. The molecule has 0 fully saturated rings. The van der Waals surface area contributed by atoms with Gasteiger partial charge in [-0.2, -0.15) is 9.90 Å². The van der Waals surface area contributed by atoms with Gasteiger partial charge >= 0.3 is 5.97 Å². The van der Waals surface area contributed by atoms with Crippen molar-refractivity contribution in [2.75, 3.05) is 6.79 Å². The molecule has 26 heavy (non-hydrogen) atoms. The van der Waals surface area contributed by atoms with Crippen molar-refractivity contribution in [1.29, 1.82) is 0 Å². The van der Waals surface area contributed by atoms with E-state index >= 15 is 0 Å². The maximum absolute atomic E-state index is 12.5. The minimum Gasteiger partial charge on any atom is -0.454 e. The van der Waals surface area contributed by atoms with E-state index in [9.17, 15) is 4.79 Å². The summed E-state index contributed by atoms with van der Waals surface area (Å²) in [5.74, 6) is 0.963. The Kier molecular flexibility index (Phi) is 3.84. The average Bonchev–Trinajstić information content (AvgIpc) is 3.20. The zero-order chi connectivity index (χ0) is 18.3. The number of aromatic nitrogens is 3. The van der Waals surface area contributed by atoms with Crippen LogP contribution in [0, 0.1) is 20.8 Å². The first-order valence-electron chi connectivity index (χ1n) is 8.14. The third-order valence-electron chi connectivity index (χ3n) is 4.10. The van der Waals surface area contributed by atoms with Gasteiger partial charge in [-0.3, -0.25) is 0 Å². The fourth-order valence-electron chi connectivity index (χ4n) is 2.80. The van der Waals surface area contributed by atoms with Gasteiger partial charge in [0.1, 0.15) is 5.75 Å². The fourth-order valence-corrected chi connectivity index (χ4v) is 2.80. The summed E-state index contributed by atoms with van der Waals surface area (Å²) in [6, 6.07) is 10.9. The van der Waals surface area contributed by atoms with Gasteiger partial charge in [0.2, 0.25) is 6.79 Å². The minimum absolute atomic E-state index is 0.163. The highest BCUT2D eigenvalue weighted by Crippen LogP contribution is 2.35. The number of carbonyl (C=O) groups is 1. The Balaban J connectivity index is 1.60. The third-order valence-corrected chi connectivity index (χ3v) is 4.10. The van der Waals surface area contributed by atoms with E-state index in [1.54, 1.807) is 25.1 Å². The molecule has 0 N–H and O–H groups in total. The number of hydrogen-bond acceptors (Lipinski definition) is 6. The number of hydrogen-bond donors (Lipinski definition) is 0. The summed E-state index contributed by atoms with van der Waals surface area (Å²) in [6.45, 7) is 5.89. The van der Waals surface area contributed by atoms with Crippen LogP contribution in [0.25, 0.3) is 5.69 Å². The molecule has 2 heterocycles. The smallest absolute Gasteiger partial charge is 0.366 e. The second-order valence-electron chi connectivity index (χ2n) is 6.12. The molecule has 7 nitrogen and oxygen atoms in total. The Labute approximate surface area is 150 Å². The molecule has 1 aliphatic rings. The van der Waals surface area contributed by atoms with Crippen molar-refractivity contribution in [3.8, 4) is 22.9 Å². The summed E-state index contributed by atoms with van der Waals surface area (Å²) in [4.78, 5) is 14.0. The number of nitrogens with zero attached hydrogens (tertiary/aromatic N) is 3. The molecule has 0 unspecified atom stereocenters. The van der Waals surface area contributed by atoms with Gasteiger partial charge in [-0.25, -0.2) is 4.79 Å². The lowest BCUT2D eigenvalue weighted by Gasteiger charge is -2.05. The van der Waals surface area contributed by atoms with Crippen LogP contribution in [0.4, 0.5) is 0 Å². The van der Waals surface area contributed by atoms with Crippen molar-refractivity contribution in [3.05, 3.63) is 58.9 Å². The Hall–Kier alpha value is -3.35. The molecule has 7 heteroatoms. The topological polar surface area (TPSA) is 75.5 Å². The second kappa shape index (κ2) is 6.18. The quantitative estimate of drug-likeness (QED) is 0.533. The molecule has 1 aliphatic heterocycles. The molecule has 0 spiro atoms. The van der Waals surface area contributed by atoms with E-state index in [4.69, 9.17) is 14.2 Å². The minimum atomic E-state index is -0.572. The van der Waals surface area contributed by atoms with Gasteiger partial charge in [0.05, 0.1) is 11.4 Å². The SMILES string of the molecule is Cc1ccc(-n2nc(C)c(C(=O)Oc3ccc4c(c3)OCO4)n2)c(C)c1. The Morgan fingerprint density at radius 3 is 2.65 bits per heavy atom. The van der Waals surface area contributed by atoms with Crippen molar-refractivity contribution < 1.29 is 19.0 Å². The van der Waals surface area contributed by atoms with Crippen LogP contribution in [0.1, 0.15) is 27.3 Å². The summed E-state index contributed by atoms with van der Waals surface area (Å²) >= 11 is 0. The zero-order valence-corrected chi connectivity index (χ0v) is 14.6. The molecule has 0 saturated heterocycles. The lowest BCUT2D eigenvalue weighted by Crippen LogP contribution is -2.11. The highest BCUT2D eigenvalue weighted by molar-refractivity contribution is 5.90. The first-order chi connectivity index (χ1) is 12.5. The van der Waals surface area contributed by atoms with Crippen molar-refractivity contribution in [3.63, 3.8) is 0 Å². The maximum atomic E-state index is 12.5. The van der Waals surface area contributed by atoms with Gasteiger partial charge in [-0.1, -0.05) is 17.7 Å². The molecule has 0 amide bonds. The molecule has 0 saturated carbocycles. The number of ether oxygens (including phenoxy) is 3. The molecule has 0 aliphatic carbocycles. The number of benzene rings is 2. The number of aryl methyl sites for hydroxylation is 3. The van der Waals surface area contributed by atoms with Crippen LogP contribution in [-0.2, 0) is 0 Å². The van der Waals surface area contributed by atoms with Crippen LogP contribution in [0.3, 0.4) is 0 Å². The van der Waals surface area contributed by atoms with Crippen LogP contribution < -0.4 is 14.2 Å². The van der Waals surface area contributed by atoms with Gasteiger partial charge in [0.25, 0.3) is 0 Å². The van der Waals surface area contributed by atoms with E-state index in [-0.39, 0.29) is 12.5 Å². The molecule has 0 radical (unpaired) electrons. The molecular weight excluding hydrogens is 334 g/mol. The number of esters is 1. The van der Waals surface area contributed by atoms with Gasteiger partial charge < -0.3 is 14.2 Å². The molecule has 132 valence electrons. The highest BCUT2D eigenvalue weighted by atomic mass is 16.7. The molecule has 2 aromatic carbocycles. The van der Waals surface area contributed by atoms with Crippen LogP contribution in [-0.4, -0.2) is 27.8 Å². The molecule has 1 aromatic heterocycles. The monoisotopic (exact) mass is 351 g/mol. The van der Waals surface area contributed by atoms with Crippen LogP contribution in [0.15, 0.2) is 36.4 Å². The normalized spacial score (nSPS) is 12.3. The lowest BCUT2D eigenvalue weighted by atomic mass is 10.1. The number of rotatable bonds is 3. The fraction of sp³-hybridized carbons (Fsp3) is 0.211. The van der Waals surface area contributed by atoms with Crippen LogP contribution in [0.5, 0.6) is 17.2 Å². The summed E-state index contributed by atoms with van der Waals surface area (Å²) in [7, 11) is 0. The first kappa shape index (κ1) is 16.1. The van der Waals surface area contributed by atoms with Gasteiger partial charge in [-0.05, 0) is 44.5 Å². The molecule has 0 atom stereocenters. The van der Waals surface area contributed by atoms with Crippen molar-refractivity contribution in [1.82, 2.24) is 15.0 Å². The van der Waals surface area contributed by atoms with Gasteiger partial charge in [0.15, 0.2) is 17.2 Å². The maximum Gasteiger partial charge on any atom is 0.366 e. The summed E-state index contributed by atoms with van der Waals surface area (Å²) < 4.78 is 15.9. The van der Waals surface area contributed by atoms with E-state index in [0.29, 0.717) is 22.9 Å². The largest absolute Gasteiger partial charge is 0.454 e. The van der Waals surface area contributed by atoms with Crippen molar-refractivity contribution in [2.45, 2.75) is 20.8 Å².